The molecule has 1 aromatic carbocycles. The van der Waals surface area contributed by atoms with Gasteiger partial charge in [0.1, 0.15) is 0 Å². The highest BCUT2D eigenvalue weighted by atomic mass is 31.1. The molecule has 4 nitrogen and oxygen atoms in total. The van der Waals surface area contributed by atoms with Crippen molar-refractivity contribution in [3.63, 3.8) is 0 Å². The van der Waals surface area contributed by atoms with Crippen LogP contribution in [0.4, 0.5) is 0 Å². The highest BCUT2D eigenvalue weighted by Gasteiger charge is 2.49. The van der Waals surface area contributed by atoms with Crippen molar-refractivity contribution in [2.75, 3.05) is 6.61 Å². The van der Waals surface area contributed by atoms with Crippen molar-refractivity contribution in [1.29, 1.82) is 0 Å². The third-order valence-corrected chi connectivity index (χ3v) is 5.20. The summed E-state index contributed by atoms with van der Waals surface area (Å²) in [6.07, 6.45) is 0. The average molecular weight is 350 g/mol. The molecule has 0 radical (unpaired) electrons. The third kappa shape index (κ3) is 3.92. The van der Waals surface area contributed by atoms with Crippen molar-refractivity contribution in [3.05, 3.63) is 34.4 Å². The predicted molar refractivity (Wildman–Crippen MR) is 96.0 cm³/mol. The number of Topliss-reactive ketones (excluding diaryl/α,β-unsaturated/α-hetero) is 1. The molecule has 0 aliphatic rings. The molecule has 2 unspecified atom stereocenters. The van der Waals surface area contributed by atoms with E-state index in [1.807, 2.05) is 46.8 Å². The van der Waals surface area contributed by atoms with E-state index in [0.29, 0.717) is 5.56 Å². The molecule has 0 aromatic heterocycles. The summed E-state index contributed by atoms with van der Waals surface area (Å²) in [7, 11) is -0.401. The molecule has 0 aliphatic heterocycles. The highest BCUT2D eigenvalue weighted by Crippen LogP contribution is 2.40. The van der Waals surface area contributed by atoms with Gasteiger partial charge in [0.05, 0.1) is 12.5 Å². The maximum absolute atomic E-state index is 13.3. The van der Waals surface area contributed by atoms with Gasteiger partial charge in [0.15, 0.2) is 19.4 Å². The number of hydrogen-bond acceptors (Lipinski definition) is 4. The van der Waals surface area contributed by atoms with Crippen LogP contribution in [0.2, 0.25) is 0 Å². The predicted octanol–water partition coefficient (Wildman–Crippen LogP) is 4.68. The van der Waals surface area contributed by atoms with Gasteiger partial charge in [-0.15, -0.1) is 0 Å². The number of carbonyl (C=O) groups is 2. The second kappa shape index (κ2) is 8.02. The summed E-state index contributed by atoms with van der Waals surface area (Å²) >= 11 is 0. The quantitative estimate of drug-likeness (QED) is 0.407. The van der Waals surface area contributed by atoms with Crippen LogP contribution < -0.4 is 0 Å². The zero-order chi connectivity index (χ0) is 18.7. The van der Waals surface area contributed by atoms with Crippen molar-refractivity contribution < 1.29 is 18.9 Å². The molecule has 0 spiro atoms. The third-order valence-electron chi connectivity index (χ3n) is 4.36. The molecule has 2 atom stereocenters. The first-order valence-corrected chi connectivity index (χ1v) is 9.05. The van der Waals surface area contributed by atoms with Crippen LogP contribution in [-0.2, 0) is 14.1 Å². The van der Waals surface area contributed by atoms with Crippen LogP contribution in [0.15, 0.2) is 12.1 Å². The summed E-state index contributed by atoms with van der Waals surface area (Å²) < 4.78 is 17.0. The Balaban J connectivity index is 3.48. The monoisotopic (exact) mass is 350 g/mol. The van der Waals surface area contributed by atoms with Gasteiger partial charge in [-0.25, -0.2) is 0 Å². The fourth-order valence-corrected chi connectivity index (χ4v) is 4.10. The first-order chi connectivity index (χ1) is 11.1. The Morgan fingerprint density at radius 2 is 1.67 bits per heavy atom. The van der Waals surface area contributed by atoms with E-state index in [9.17, 15) is 14.2 Å². The number of hydrogen-bond donors (Lipinski definition) is 0. The van der Waals surface area contributed by atoms with Crippen molar-refractivity contribution >= 4 is 20.2 Å². The molecule has 24 heavy (non-hydrogen) atoms. The van der Waals surface area contributed by atoms with Gasteiger partial charge in [-0.3, -0.25) is 14.2 Å². The van der Waals surface area contributed by atoms with E-state index in [1.54, 1.807) is 13.8 Å². The Labute approximate surface area is 146 Å². The van der Waals surface area contributed by atoms with Crippen LogP contribution in [0.1, 0.15) is 54.7 Å². The van der Waals surface area contributed by atoms with Gasteiger partial charge in [0.25, 0.3) is 0 Å². The Kier molecular flexibility index (Phi) is 6.86. The number of aryl methyl sites for hydroxylation is 3. The van der Waals surface area contributed by atoms with E-state index >= 15 is 0 Å². The summed E-state index contributed by atoms with van der Waals surface area (Å²) in [4.78, 5) is 25.7. The standard InChI is InChI=1S/C19H27O4P/c1-8-23-18(21)19(7,24-22)16(11(2)3)17(20)15-13(5)9-12(4)10-14(15)6/h9-11,16H,8H2,1-7H3. The minimum atomic E-state index is -1.40. The molecule has 0 N–H and O–H groups in total. The van der Waals surface area contributed by atoms with Crippen molar-refractivity contribution in [2.45, 2.75) is 53.6 Å². The topological polar surface area (TPSA) is 60.4 Å². The van der Waals surface area contributed by atoms with E-state index < -0.39 is 25.5 Å². The summed E-state index contributed by atoms with van der Waals surface area (Å²) in [5, 5.41) is -1.40. The number of esters is 1. The Morgan fingerprint density at radius 3 is 2.04 bits per heavy atom. The first kappa shape index (κ1) is 20.5. The Morgan fingerprint density at radius 1 is 1.17 bits per heavy atom. The van der Waals surface area contributed by atoms with Crippen molar-refractivity contribution in [2.24, 2.45) is 11.8 Å². The van der Waals surface area contributed by atoms with Gasteiger partial charge in [0, 0.05) is 5.56 Å². The lowest BCUT2D eigenvalue weighted by Gasteiger charge is -2.32. The summed E-state index contributed by atoms with van der Waals surface area (Å²) in [5.74, 6) is -1.64. The molecule has 0 heterocycles. The van der Waals surface area contributed by atoms with Gasteiger partial charge in [-0.2, -0.15) is 0 Å². The van der Waals surface area contributed by atoms with Gasteiger partial charge >= 0.3 is 5.97 Å². The van der Waals surface area contributed by atoms with Gasteiger partial charge in [-0.1, -0.05) is 31.5 Å². The van der Waals surface area contributed by atoms with Crippen LogP contribution in [-0.4, -0.2) is 23.5 Å². The first-order valence-electron chi connectivity index (χ1n) is 8.23. The molecular weight excluding hydrogens is 323 g/mol. The molecule has 5 heteroatoms. The van der Waals surface area contributed by atoms with Crippen LogP contribution in [0.3, 0.4) is 0 Å². The minimum absolute atomic E-state index is 0.154. The summed E-state index contributed by atoms with van der Waals surface area (Å²) in [6, 6.07) is 3.91. The number of carbonyl (C=O) groups excluding carboxylic acids is 2. The van der Waals surface area contributed by atoms with E-state index in [0.717, 1.165) is 16.7 Å². The second-order valence-corrected chi connectivity index (χ2v) is 7.93. The highest BCUT2D eigenvalue weighted by molar-refractivity contribution is 7.27. The lowest BCUT2D eigenvalue weighted by Crippen LogP contribution is -2.46. The lowest BCUT2D eigenvalue weighted by atomic mass is 9.76. The Bertz CT molecular complexity index is 628. The van der Waals surface area contributed by atoms with Crippen molar-refractivity contribution in [3.8, 4) is 0 Å². The average Bonchev–Trinajstić information content (AvgIpc) is 2.45. The lowest BCUT2D eigenvalue weighted by molar-refractivity contribution is -0.147. The number of ether oxygens (including phenoxy) is 1. The van der Waals surface area contributed by atoms with Gasteiger partial charge < -0.3 is 4.74 Å². The summed E-state index contributed by atoms with van der Waals surface area (Å²) in [5.41, 5.74) is 3.44. The summed E-state index contributed by atoms with van der Waals surface area (Å²) in [6.45, 7) is 12.9. The van der Waals surface area contributed by atoms with E-state index in [-0.39, 0.29) is 18.3 Å². The SMILES string of the molecule is CCOC(=O)C(C)(P=O)C(C(=O)c1c(C)cc(C)cc1C)C(C)C. The molecule has 0 saturated heterocycles. The molecule has 0 fully saturated rings. The fourth-order valence-electron chi connectivity index (χ4n) is 3.43. The molecule has 0 bridgehead atoms. The van der Waals surface area contributed by atoms with Crippen molar-refractivity contribution in [1.82, 2.24) is 0 Å². The van der Waals surface area contributed by atoms with Crippen LogP contribution in [0.25, 0.3) is 0 Å². The number of ketones is 1. The number of benzene rings is 1. The minimum Gasteiger partial charge on any atom is -0.465 e. The molecule has 0 saturated carbocycles. The van der Waals surface area contributed by atoms with Crippen LogP contribution in [0, 0.1) is 32.6 Å². The van der Waals surface area contributed by atoms with Crippen LogP contribution >= 0.6 is 8.46 Å². The molecular formula is C19H27O4P. The van der Waals surface area contributed by atoms with Gasteiger partial charge in [-0.05, 0) is 51.7 Å². The zero-order valence-electron chi connectivity index (χ0n) is 15.6. The van der Waals surface area contributed by atoms with Gasteiger partial charge in [0.2, 0.25) is 0 Å². The van der Waals surface area contributed by atoms with E-state index in [2.05, 4.69) is 0 Å². The van der Waals surface area contributed by atoms with E-state index in [1.165, 1.54) is 0 Å². The van der Waals surface area contributed by atoms with E-state index in [4.69, 9.17) is 4.74 Å². The second-order valence-electron chi connectivity index (χ2n) is 6.82. The fraction of sp³-hybridized carbons (Fsp3) is 0.579. The normalized spacial score (nSPS) is 15.2. The Hall–Kier alpha value is -1.54. The smallest absolute Gasteiger partial charge is 0.324 e. The zero-order valence-corrected chi connectivity index (χ0v) is 16.5. The molecule has 0 amide bonds. The molecule has 1 rings (SSSR count). The number of rotatable bonds is 7. The maximum atomic E-state index is 13.3. The maximum Gasteiger partial charge on any atom is 0.324 e. The molecule has 0 aliphatic carbocycles. The largest absolute Gasteiger partial charge is 0.465 e. The van der Waals surface area contributed by atoms with Crippen LogP contribution in [0.5, 0.6) is 0 Å². The molecule has 132 valence electrons. The molecule has 1 aromatic rings.